The molecule has 30 heavy (non-hydrogen) atoms. The summed E-state index contributed by atoms with van der Waals surface area (Å²) in [4.78, 5) is 0. The summed E-state index contributed by atoms with van der Waals surface area (Å²) < 4.78 is 36.3. The zero-order valence-corrected chi connectivity index (χ0v) is 17.7. The molecule has 0 radical (unpaired) electrons. The van der Waals surface area contributed by atoms with Gasteiger partial charge in [0.25, 0.3) is 0 Å². The zero-order valence-electron chi connectivity index (χ0n) is 17.0. The number of halogens is 1. The molecule has 1 heterocycles. The number of anilines is 1. The van der Waals surface area contributed by atoms with E-state index in [1.165, 1.54) is 27.7 Å². The quantitative estimate of drug-likeness (QED) is 0.621. The first kappa shape index (κ1) is 22.0. The van der Waals surface area contributed by atoms with Gasteiger partial charge in [-0.1, -0.05) is 42.5 Å². The molecule has 156 valence electrons. The normalized spacial score (nSPS) is 15.2. The molecule has 0 atom stereocenters. The Morgan fingerprint density at radius 1 is 0.867 bits per heavy atom. The highest BCUT2D eigenvalue weighted by atomic mass is 35.7. The number of benzene rings is 3. The van der Waals surface area contributed by atoms with Crippen molar-refractivity contribution >= 4 is 27.9 Å². The van der Waals surface area contributed by atoms with Gasteiger partial charge in [-0.2, -0.15) is 4.58 Å². The maximum Gasteiger partial charge on any atom is 0.210 e. The van der Waals surface area contributed by atoms with Crippen molar-refractivity contribution in [2.45, 2.75) is 19.3 Å². The van der Waals surface area contributed by atoms with Crippen molar-refractivity contribution < 1.29 is 33.5 Å². The van der Waals surface area contributed by atoms with E-state index >= 15 is 0 Å². The van der Waals surface area contributed by atoms with E-state index in [1.54, 1.807) is 0 Å². The average molecular weight is 427 g/mol. The van der Waals surface area contributed by atoms with Crippen LogP contribution in [0.5, 0.6) is 0 Å². The van der Waals surface area contributed by atoms with Crippen molar-refractivity contribution in [2.75, 3.05) is 12.4 Å². The van der Waals surface area contributed by atoms with E-state index in [2.05, 4.69) is 85.4 Å². The minimum absolute atomic E-state index is 0.0419. The number of para-hydroxylation sites is 1. The SMILES string of the molecule is C[N+]1=C(/C=C/Nc2ccccc2)C(C)(C)c2c1ccc1ccccc21.[O-][Cl+3]([O-])([O-])[O-]. The Morgan fingerprint density at radius 3 is 2.13 bits per heavy atom. The summed E-state index contributed by atoms with van der Waals surface area (Å²) in [5.74, 6) is 0. The zero-order chi connectivity index (χ0) is 21.9. The molecule has 0 unspecified atom stereocenters. The van der Waals surface area contributed by atoms with Crippen LogP contribution in [0.2, 0.25) is 0 Å². The Bertz CT molecular complexity index is 1100. The van der Waals surface area contributed by atoms with Crippen LogP contribution in [0.4, 0.5) is 11.4 Å². The molecule has 0 spiro atoms. The molecule has 0 saturated carbocycles. The molecule has 4 rings (SSSR count). The number of allylic oxidation sites excluding steroid dienone is 1. The molecule has 7 heteroatoms. The van der Waals surface area contributed by atoms with Crippen LogP contribution in [0, 0.1) is 10.2 Å². The highest BCUT2D eigenvalue weighted by molar-refractivity contribution is 6.07. The fourth-order valence-corrected chi connectivity index (χ4v) is 3.94. The summed E-state index contributed by atoms with van der Waals surface area (Å²) in [5, 5.41) is 6.01. The Hall–Kier alpha value is -2.74. The molecular formula is C23H23ClN2O4. The van der Waals surface area contributed by atoms with Crippen LogP contribution in [0.15, 0.2) is 79.0 Å². The second-order valence-corrected chi connectivity index (χ2v) is 8.23. The van der Waals surface area contributed by atoms with Gasteiger partial charge in [0.05, 0.1) is 5.41 Å². The first-order chi connectivity index (χ1) is 14.1. The third-order valence-corrected chi connectivity index (χ3v) is 5.16. The average Bonchev–Trinajstić information content (AvgIpc) is 2.88. The number of hydrogen-bond donors (Lipinski definition) is 1. The maximum absolute atomic E-state index is 8.49. The molecule has 0 amide bonds. The lowest BCUT2D eigenvalue weighted by molar-refractivity contribution is -2.00. The Morgan fingerprint density at radius 2 is 1.47 bits per heavy atom. The monoisotopic (exact) mass is 426 g/mol. The second-order valence-electron chi connectivity index (χ2n) is 7.47. The predicted octanol–water partition coefficient (Wildman–Crippen LogP) is 0.716. The van der Waals surface area contributed by atoms with E-state index in [4.69, 9.17) is 18.6 Å². The van der Waals surface area contributed by atoms with Gasteiger partial charge in [0.1, 0.15) is 7.05 Å². The topological polar surface area (TPSA) is 107 Å². The van der Waals surface area contributed by atoms with E-state index in [1.807, 2.05) is 24.4 Å². The smallest absolute Gasteiger partial charge is 0.210 e. The van der Waals surface area contributed by atoms with Gasteiger partial charge in [-0.25, -0.2) is 18.6 Å². The summed E-state index contributed by atoms with van der Waals surface area (Å²) in [6, 6.07) is 23.4. The molecule has 1 aliphatic rings. The molecule has 0 fully saturated rings. The van der Waals surface area contributed by atoms with Gasteiger partial charge in [0, 0.05) is 29.6 Å². The first-order valence-corrected chi connectivity index (χ1v) is 10.6. The standard InChI is InChI=1S/C23H22N2.ClHO4/c1-23(2)21(15-16-24-18-10-5-4-6-11-18)25(3)20-14-13-17-9-7-8-12-19(17)22(20)23;2-1(3,4)5/h4-16H,1-3H3;(H,2,3,4,5). The van der Waals surface area contributed by atoms with Crippen molar-refractivity contribution in [1.29, 1.82) is 0 Å². The van der Waals surface area contributed by atoms with Crippen molar-refractivity contribution in [1.82, 2.24) is 0 Å². The molecule has 6 nitrogen and oxygen atoms in total. The summed E-state index contributed by atoms with van der Waals surface area (Å²) in [6.45, 7) is 4.62. The van der Waals surface area contributed by atoms with Crippen LogP contribution >= 0.6 is 0 Å². The summed E-state index contributed by atoms with van der Waals surface area (Å²) in [7, 11) is -2.79. The van der Waals surface area contributed by atoms with Gasteiger partial charge in [-0.15, -0.1) is 10.2 Å². The van der Waals surface area contributed by atoms with Gasteiger partial charge in [-0.3, -0.25) is 0 Å². The third kappa shape index (κ3) is 4.87. The highest BCUT2D eigenvalue weighted by Crippen LogP contribution is 2.43. The molecule has 1 aliphatic heterocycles. The molecule has 3 aromatic carbocycles. The molecule has 3 aromatic rings. The lowest BCUT2D eigenvalue weighted by atomic mass is 9.79. The van der Waals surface area contributed by atoms with Crippen LogP contribution in [-0.4, -0.2) is 17.3 Å². The van der Waals surface area contributed by atoms with E-state index in [9.17, 15) is 0 Å². The Labute approximate surface area is 177 Å². The number of rotatable bonds is 3. The molecule has 0 aliphatic carbocycles. The minimum Gasteiger partial charge on any atom is -0.361 e. The molecule has 0 saturated heterocycles. The van der Waals surface area contributed by atoms with E-state index < -0.39 is 10.2 Å². The number of nitrogens with one attached hydrogen (secondary N) is 1. The fourth-order valence-electron chi connectivity index (χ4n) is 3.94. The first-order valence-electron chi connectivity index (χ1n) is 9.32. The molecule has 0 aromatic heterocycles. The summed E-state index contributed by atoms with van der Waals surface area (Å²) in [6.07, 6.45) is 4.23. The lowest BCUT2D eigenvalue weighted by Gasteiger charge is -2.17. The van der Waals surface area contributed by atoms with Gasteiger partial charge in [0.2, 0.25) is 5.69 Å². The molecule has 0 bridgehead atoms. The summed E-state index contributed by atoms with van der Waals surface area (Å²) >= 11 is 0. The van der Waals surface area contributed by atoms with Crippen molar-refractivity contribution in [2.24, 2.45) is 0 Å². The molecular weight excluding hydrogens is 404 g/mol. The van der Waals surface area contributed by atoms with E-state index in [0.717, 1.165) is 5.69 Å². The van der Waals surface area contributed by atoms with Crippen LogP contribution < -0.4 is 24.0 Å². The third-order valence-electron chi connectivity index (χ3n) is 5.16. The van der Waals surface area contributed by atoms with Gasteiger partial charge in [-0.05, 0) is 42.8 Å². The number of fused-ring (bicyclic) bond motifs is 3. The minimum atomic E-state index is -4.94. The number of nitrogens with zero attached hydrogens (tertiary/aromatic N) is 1. The van der Waals surface area contributed by atoms with E-state index in [0.29, 0.717) is 0 Å². The van der Waals surface area contributed by atoms with Gasteiger partial charge >= 0.3 is 0 Å². The predicted molar refractivity (Wildman–Crippen MR) is 107 cm³/mol. The Balaban J connectivity index is 0.000000461. The lowest BCUT2D eigenvalue weighted by Crippen LogP contribution is -2.68. The van der Waals surface area contributed by atoms with Crippen molar-refractivity contribution in [3.05, 3.63) is 84.6 Å². The van der Waals surface area contributed by atoms with Crippen molar-refractivity contribution in [3.63, 3.8) is 0 Å². The van der Waals surface area contributed by atoms with Crippen molar-refractivity contribution in [3.8, 4) is 0 Å². The van der Waals surface area contributed by atoms with Crippen LogP contribution in [-0.2, 0) is 5.41 Å². The molecule has 1 N–H and O–H groups in total. The highest BCUT2D eigenvalue weighted by Gasteiger charge is 2.44. The number of hydrogen-bond acceptors (Lipinski definition) is 5. The van der Waals surface area contributed by atoms with Gasteiger partial charge in [0.15, 0.2) is 5.71 Å². The maximum atomic E-state index is 8.49. The second kappa shape index (κ2) is 8.55. The Kier molecular flexibility index (Phi) is 6.26. The summed E-state index contributed by atoms with van der Waals surface area (Å²) in [5.41, 5.74) is 5.05. The van der Waals surface area contributed by atoms with Crippen LogP contribution in [0.25, 0.3) is 10.8 Å². The van der Waals surface area contributed by atoms with E-state index in [-0.39, 0.29) is 5.41 Å². The van der Waals surface area contributed by atoms with Crippen LogP contribution in [0.3, 0.4) is 0 Å². The van der Waals surface area contributed by atoms with Crippen LogP contribution in [0.1, 0.15) is 19.4 Å². The fraction of sp³-hybridized carbons (Fsp3) is 0.174. The van der Waals surface area contributed by atoms with Gasteiger partial charge < -0.3 is 5.32 Å². The largest absolute Gasteiger partial charge is 0.361 e.